The average molecular weight is 1550 g/mol. The zero-order valence-corrected chi connectivity index (χ0v) is 67.1. The number of hydrogen-bond acceptors (Lipinski definition) is 19. The number of thiazole rings is 2. The van der Waals surface area contributed by atoms with Gasteiger partial charge >= 0.3 is 0 Å². The molecule has 8 heterocycles. The number of nitrogens with zero attached hydrogens (tertiary/aromatic N) is 8. The van der Waals surface area contributed by atoms with Crippen LogP contribution in [0, 0.1) is 38.0 Å². The molecule has 111 heavy (non-hydrogen) atoms. The van der Waals surface area contributed by atoms with E-state index in [4.69, 9.17) is 10.2 Å². The molecular weight excluding hydrogens is 1440 g/mol. The standard InChI is InChI=1S/C31H37N3O3S.C29H32N4O5.C26H36N4O4S/c1-20(2)28(33-16-24-7-5-6-8-25(24)17-33)30(37)34-18-26(35)15-31(34,4)27(36)14-11-22-9-12-23(13-10-22)29-21(3)32-19-38-29;1-17(2)25(33-14-21-6-4-5-7-23(21)28(33)36)29(37)32-15-22(34)12-24(32)27(35)30-13-19-8-10-20(11-9-19)26-18(3)31-16-38-26;1-15(27)24(33)29-23(26(3,4)5)25(34)30-13-19(31)12-20(30)21(32)11-8-17-6-9-18(10-7-17)22-16(2)28-14-35-22/h5-10,12-13,19-20,26,28,35H,11,14-18H2,1-4H3;4-11,16-17,22,24-25,34H,12-15H2,1-3H3,(H,30,35);6-7,9-10,14-15,19-20,23,31H,8,11-13,27H2,1-5H3,(H,29,33)/t26-,28+,31?;22-,24+,25+;15-,19+,20-,23+/m110/s1. The van der Waals surface area contributed by atoms with Gasteiger partial charge in [0, 0.05) is 89.0 Å². The van der Waals surface area contributed by atoms with E-state index in [0.717, 1.165) is 78.9 Å². The molecule has 23 nitrogen and oxygen atoms in total. The molecule has 3 saturated heterocycles. The Morgan fingerprint density at radius 3 is 1.62 bits per heavy atom. The van der Waals surface area contributed by atoms with Crippen LogP contribution in [-0.4, -0.2) is 182 Å². The molecule has 5 aliphatic rings. The van der Waals surface area contributed by atoms with Crippen LogP contribution in [0.25, 0.3) is 32.2 Å². The lowest BCUT2D eigenvalue weighted by Gasteiger charge is -2.39. The topological polar surface area (TPSA) is 315 Å². The molecule has 0 saturated carbocycles. The van der Waals surface area contributed by atoms with Crippen LogP contribution in [-0.2, 0) is 72.6 Å². The van der Waals surface area contributed by atoms with E-state index in [1.807, 2.05) is 152 Å². The van der Waals surface area contributed by atoms with Gasteiger partial charge in [-0.05, 0) is 115 Å². The highest BCUT2D eigenvalue weighted by Crippen LogP contribution is 2.38. The molecule has 0 radical (unpaired) electrons. The molecule has 0 spiro atoms. The Balaban J connectivity index is 0.000000165. The zero-order valence-electron chi connectivity index (χ0n) is 65.5. The number of amides is 6. The predicted molar refractivity (Wildman–Crippen MR) is 427 cm³/mol. The summed E-state index contributed by atoms with van der Waals surface area (Å²) >= 11 is 3.22. The van der Waals surface area contributed by atoms with Gasteiger partial charge in [0.05, 0.1) is 74.3 Å². The molecule has 10 atom stereocenters. The van der Waals surface area contributed by atoms with Crippen molar-refractivity contribution in [1.82, 2.24) is 50.1 Å². The second-order valence-corrected chi connectivity index (χ2v) is 33.8. The van der Waals surface area contributed by atoms with Crippen molar-refractivity contribution in [1.29, 1.82) is 0 Å². The van der Waals surface area contributed by atoms with Gasteiger partial charge in [-0.25, -0.2) is 15.0 Å². The molecular formula is C86H105N11O12S2. The average Bonchev–Trinajstić information content (AvgIpc) is 1.62. The Morgan fingerprint density at radius 1 is 0.604 bits per heavy atom. The number of oxazole rings is 1. The Morgan fingerprint density at radius 2 is 1.12 bits per heavy atom. The minimum Gasteiger partial charge on any atom is -0.443 e. The molecule has 588 valence electrons. The highest BCUT2D eigenvalue weighted by molar-refractivity contribution is 7.13. The van der Waals surface area contributed by atoms with Gasteiger partial charge in [0.2, 0.25) is 29.5 Å². The number of aliphatic hydroxyl groups is 3. The Labute approximate surface area is 658 Å². The second kappa shape index (κ2) is 35.5. The van der Waals surface area contributed by atoms with E-state index in [1.54, 1.807) is 45.5 Å². The number of carbonyl (C=O) groups excluding carboxylic acids is 8. The number of ketones is 2. The number of aromatic nitrogens is 3. The monoisotopic (exact) mass is 1550 g/mol. The highest BCUT2D eigenvalue weighted by Gasteiger charge is 2.52. The molecule has 3 fully saturated rings. The number of β-amino-alcohol motifs (C(OH)–C–C–N with tert-alkyl or cyclic N) is 3. The number of nitrogens with one attached hydrogen (secondary N) is 2. The molecule has 3 aromatic heterocycles. The molecule has 13 rings (SSSR count). The zero-order chi connectivity index (χ0) is 79.9. The maximum Gasteiger partial charge on any atom is 0.255 e. The minimum atomic E-state index is -1.00. The third kappa shape index (κ3) is 19.0. The Bertz CT molecular complexity index is 4620. The van der Waals surface area contributed by atoms with Crippen LogP contribution < -0.4 is 16.4 Å². The van der Waals surface area contributed by atoms with Crippen molar-refractivity contribution in [2.24, 2.45) is 23.0 Å². The fraction of sp³-hybridized carbons (Fsp3) is 0.453. The summed E-state index contributed by atoms with van der Waals surface area (Å²) in [4.78, 5) is 130. The van der Waals surface area contributed by atoms with Crippen LogP contribution in [0.3, 0.4) is 0 Å². The molecule has 5 aliphatic heterocycles. The lowest BCUT2D eigenvalue weighted by atomic mass is 9.85. The summed E-state index contributed by atoms with van der Waals surface area (Å²) in [6.07, 6.45) is 1.49. The van der Waals surface area contributed by atoms with Crippen LogP contribution in [0.15, 0.2) is 143 Å². The molecule has 5 aromatic carbocycles. The van der Waals surface area contributed by atoms with E-state index in [-0.39, 0.29) is 111 Å². The number of rotatable bonds is 23. The number of aliphatic hydroxyl groups excluding tert-OH is 3. The fourth-order valence-corrected chi connectivity index (χ4v) is 17.5. The lowest BCUT2D eigenvalue weighted by Crippen LogP contribution is -2.58. The first-order chi connectivity index (χ1) is 52.8. The lowest BCUT2D eigenvalue weighted by molar-refractivity contribution is -0.148. The van der Waals surface area contributed by atoms with Crippen LogP contribution in [0.4, 0.5) is 0 Å². The summed E-state index contributed by atoms with van der Waals surface area (Å²) in [5.74, 6) is -1.16. The fourth-order valence-electron chi connectivity index (χ4n) is 15.9. The van der Waals surface area contributed by atoms with Crippen LogP contribution in [0.2, 0.25) is 0 Å². The van der Waals surface area contributed by atoms with Gasteiger partial charge in [-0.3, -0.25) is 43.3 Å². The van der Waals surface area contributed by atoms with E-state index in [1.165, 1.54) is 27.3 Å². The summed E-state index contributed by atoms with van der Waals surface area (Å²) < 4.78 is 5.43. The Hall–Kier alpha value is -9.47. The quantitative estimate of drug-likeness (QED) is 0.0347. The van der Waals surface area contributed by atoms with Gasteiger partial charge in [0.25, 0.3) is 5.91 Å². The molecule has 25 heteroatoms. The van der Waals surface area contributed by atoms with Gasteiger partial charge in [0.15, 0.2) is 23.7 Å². The number of fused-ring (bicyclic) bond motifs is 2. The third-order valence-electron chi connectivity index (χ3n) is 22.0. The number of likely N-dealkylation sites (tertiary alicyclic amines) is 3. The summed E-state index contributed by atoms with van der Waals surface area (Å²) in [7, 11) is 0. The summed E-state index contributed by atoms with van der Waals surface area (Å²) in [5.41, 5.74) is 20.7. The molecule has 8 aromatic rings. The first-order valence-electron chi connectivity index (χ1n) is 38.3. The normalized spacial score (nSPS) is 20.6. The second-order valence-electron chi connectivity index (χ2n) is 32.1. The molecule has 1 unspecified atom stereocenters. The van der Waals surface area contributed by atoms with Crippen molar-refractivity contribution in [3.8, 4) is 32.2 Å². The number of nitrogens with two attached hydrogens (primary N) is 1. The van der Waals surface area contributed by atoms with Crippen molar-refractivity contribution in [2.45, 2.75) is 214 Å². The maximum atomic E-state index is 14.1. The number of aryl methyl sites for hydroxylation is 5. The maximum absolute atomic E-state index is 14.1. The van der Waals surface area contributed by atoms with Gasteiger partial charge in [-0.15, -0.1) is 22.7 Å². The van der Waals surface area contributed by atoms with Gasteiger partial charge < -0.3 is 55.7 Å². The van der Waals surface area contributed by atoms with Crippen molar-refractivity contribution in [3.63, 3.8) is 0 Å². The van der Waals surface area contributed by atoms with Gasteiger partial charge in [-0.1, -0.05) is 164 Å². The van der Waals surface area contributed by atoms with Crippen molar-refractivity contribution >= 4 is 69.7 Å². The summed E-state index contributed by atoms with van der Waals surface area (Å²) in [6.45, 7) is 25.1. The highest BCUT2D eigenvalue weighted by atomic mass is 32.1. The van der Waals surface area contributed by atoms with Crippen LogP contribution in [0.1, 0.15) is 155 Å². The van der Waals surface area contributed by atoms with E-state index >= 15 is 0 Å². The predicted octanol–water partition coefficient (Wildman–Crippen LogP) is 10.4. The number of hydrogen-bond donors (Lipinski definition) is 6. The molecule has 0 aliphatic carbocycles. The first-order valence-corrected chi connectivity index (χ1v) is 40.1. The largest absolute Gasteiger partial charge is 0.443 e. The van der Waals surface area contributed by atoms with E-state index in [0.29, 0.717) is 37.1 Å². The van der Waals surface area contributed by atoms with Gasteiger partial charge in [-0.2, -0.15) is 0 Å². The van der Waals surface area contributed by atoms with E-state index in [2.05, 4.69) is 80.7 Å². The van der Waals surface area contributed by atoms with E-state index in [9.17, 15) is 53.7 Å². The first kappa shape index (κ1) is 82.5. The van der Waals surface area contributed by atoms with E-state index < -0.39 is 65.4 Å². The number of Topliss-reactive ketones (excluding diaryl/α,β-unsaturated/α-hetero) is 2. The molecule has 0 bridgehead atoms. The molecule has 7 N–H and O–H groups in total. The van der Waals surface area contributed by atoms with Crippen molar-refractivity contribution in [2.75, 3.05) is 19.6 Å². The van der Waals surface area contributed by atoms with Crippen LogP contribution >= 0.6 is 22.7 Å². The smallest absolute Gasteiger partial charge is 0.255 e. The summed E-state index contributed by atoms with van der Waals surface area (Å²) in [5, 5.41) is 37.0. The van der Waals surface area contributed by atoms with Crippen LogP contribution in [0.5, 0.6) is 0 Å². The summed E-state index contributed by atoms with van der Waals surface area (Å²) in [6, 6.07) is 35.4. The number of carbonyl (C=O) groups is 8. The van der Waals surface area contributed by atoms with Crippen molar-refractivity contribution < 1.29 is 58.1 Å². The van der Waals surface area contributed by atoms with Crippen molar-refractivity contribution in [3.05, 3.63) is 195 Å². The third-order valence-corrected chi connectivity index (χ3v) is 23.9. The van der Waals surface area contributed by atoms with Gasteiger partial charge in [0.1, 0.15) is 23.7 Å². The SMILES string of the molecule is Cc1ncoc1-c1ccc(CNC(=O)[C@@H]2C[C@@H](O)CN2C(=O)[C@H](C(C)C)N2Cc3ccccc3C2=O)cc1.Cc1ncsc1-c1ccc(CCC(=O)C2(C)C[C@@H](O)CN2C(=O)[C@H](C(C)C)N2Cc3ccccc3C2)cc1.Cc1ncsc1-c1ccc(CCC(=O)[C@@H]2C[C@@H](O)CN2C(=O)[C@@H](NC(=O)[C@H](C)N)C(C)(C)C)cc1. The number of benzene rings is 5. The minimum absolute atomic E-state index is 0.0111. The Kier molecular flexibility index (Phi) is 26.4. The molecule has 6 amide bonds.